The summed E-state index contributed by atoms with van der Waals surface area (Å²) in [5.41, 5.74) is 3.14. The van der Waals surface area contributed by atoms with Gasteiger partial charge in [-0.1, -0.05) is 6.07 Å². The van der Waals surface area contributed by atoms with Crippen LogP contribution in [0.15, 0.2) is 34.9 Å². The summed E-state index contributed by atoms with van der Waals surface area (Å²) < 4.78 is 7.28. The van der Waals surface area contributed by atoms with Gasteiger partial charge < -0.3 is 9.73 Å². The van der Waals surface area contributed by atoms with Crippen molar-refractivity contribution in [2.75, 3.05) is 0 Å². The highest BCUT2D eigenvalue weighted by Crippen LogP contribution is 2.14. The fourth-order valence-electron chi connectivity index (χ4n) is 2.37. The summed E-state index contributed by atoms with van der Waals surface area (Å²) in [6.45, 7) is 6.07. The van der Waals surface area contributed by atoms with Gasteiger partial charge in [0.05, 0.1) is 12.2 Å². The van der Waals surface area contributed by atoms with Crippen molar-refractivity contribution in [2.45, 2.75) is 27.3 Å². The molecule has 3 heterocycles. The summed E-state index contributed by atoms with van der Waals surface area (Å²) >= 11 is 0. The topological polar surface area (TPSA) is 59.5 Å². The van der Waals surface area contributed by atoms with E-state index in [4.69, 9.17) is 4.42 Å². The molecule has 0 aliphatic heterocycles. The number of carbonyl (C=O) groups excluding carboxylic acids is 1. The number of fused-ring (bicyclic) bond motifs is 1. The van der Waals surface area contributed by atoms with Gasteiger partial charge in [-0.3, -0.25) is 9.20 Å². The van der Waals surface area contributed by atoms with E-state index in [9.17, 15) is 4.79 Å². The molecule has 0 aliphatic carbocycles. The zero-order chi connectivity index (χ0) is 15.0. The molecule has 0 bridgehead atoms. The van der Waals surface area contributed by atoms with Gasteiger partial charge in [0.1, 0.15) is 22.9 Å². The molecular weight excluding hydrogens is 266 g/mol. The highest BCUT2D eigenvalue weighted by molar-refractivity contribution is 5.94. The van der Waals surface area contributed by atoms with Crippen LogP contribution in [-0.2, 0) is 6.54 Å². The molecule has 0 aromatic carbocycles. The SMILES string of the molecule is Cc1ccc2nc(C)c(C(=O)NCc3ccc(C)o3)n2c1. The van der Waals surface area contributed by atoms with Crippen LogP contribution in [0.1, 0.15) is 33.3 Å². The highest BCUT2D eigenvalue weighted by Gasteiger charge is 2.16. The number of aryl methyl sites for hydroxylation is 3. The predicted octanol–water partition coefficient (Wildman–Crippen LogP) is 2.78. The second-order valence-electron chi connectivity index (χ2n) is 5.18. The molecule has 3 rings (SSSR count). The molecule has 0 saturated heterocycles. The van der Waals surface area contributed by atoms with Crippen LogP contribution in [0.5, 0.6) is 0 Å². The standard InChI is InChI=1S/C16H17N3O2/c1-10-4-7-14-18-12(3)15(19(14)9-10)16(20)17-8-13-6-5-11(2)21-13/h4-7,9H,8H2,1-3H3,(H,17,20). The molecule has 0 saturated carbocycles. The van der Waals surface area contributed by atoms with E-state index in [1.165, 1.54) is 0 Å². The van der Waals surface area contributed by atoms with E-state index in [0.717, 1.165) is 22.7 Å². The van der Waals surface area contributed by atoms with E-state index in [1.807, 2.05) is 55.6 Å². The Morgan fingerprint density at radius 3 is 2.76 bits per heavy atom. The molecule has 1 amide bonds. The number of furan rings is 1. The van der Waals surface area contributed by atoms with Gasteiger partial charge in [-0.25, -0.2) is 4.98 Å². The van der Waals surface area contributed by atoms with E-state index >= 15 is 0 Å². The smallest absolute Gasteiger partial charge is 0.270 e. The first kappa shape index (κ1) is 13.4. The van der Waals surface area contributed by atoms with Crippen molar-refractivity contribution in [3.63, 3.8) is 0 Å². The quantitative estimate of drug-likeness (QED) is 0.804. The third-order valence-electron chi connectivity index (χ3n) is 3.37. The first-order valence-corrected chi connectivity index (χ1v) is 6.83. The minimum absolute atomic E-state index is 0.153. The number of rotatable bonds is 3. The normalized spacial score (nSPS) is 11.0. The van der Waals surface area contributed by atoms with Crippen molar-refractivity contribution >= 4 is 11.6 Å². The van der Waals surface area contributed by atoms with Crippen molar-refractivity contribution in [3.05, 3.63) is 58.9 Å². The third-order valence-corrected chi connectivity index (χ3v) is 3.37. The van der Waals surface area contributed by atoms with Crippen molar-refractivity contribution in [1.29, 1.82) is 0 Å². The van der Waals surface area contributed by atoms with Gasteiger partial charge in [-0.2, -0.15) is 0 Å². The van der Waals surface area contributed by atoms with E-state index in [1.54, 1.807) is 0 Å². The number of nitrogens with zero attached hydrogens (tertiary/aromatic N) is 2. The average molecular weight is 283 g/mol. The lowest BCUT2D eigenvalue weighted by Gasteiger charge is -2.05. The lowest BCUT2D eigenvalue weighted by Crippen LogP contribution is -2.24. The van der Waals surface area contributed by atoms with Crippen molar-refractivity contribution in [3.8, 4) is 0 Å². The Morgan fingerprint density at radius 1 is 1.24 bits per heavy atom. The summed E-state index contributed by atoms with van der Waals surface area (Å²) in [6, 6.07) is 7.63. The van der Waals surface area contributed by atoms with Crippen LogP contribution >= 0.6 is 0 Å². The van der Waals surface area contributed by atoms with Gasteiger partial charge in [0.2, 0.25) is 0 Å². The number of carbonyl (C=O) groups is 1. The van der Waals surface area contributed by atoms with Crippen molar-refractivity contribution < 1.29 is 9.21 Å². The predicted molar refractivity (Wildman–Crippen MR) is 79.3 cm³/mol. The lowest BCUT2D eigenvalue weighted by molar-refractivity contribution is 0.0941. The second-order valence-corrected chi connectivity index (χ2v) is 5.18. The fourth-order valence-corrected chi connectivity index (χ4v) is 2.37. The summed E-state index contributed by atoms with van der Waals surface area (Å²) in [5, 5.41) is 2.87. The number of amides is 1. The van der Waals surface area contributed by atoms with E-state index < -0.39 is 0 Å². The Bertz CT molecular complexity index is 814. The van der Waals surface area contributed by atoms with Crippen LogP contribution in [0.4, 0.5) is 0 Å². The second kappa shape index (κ2) is 5.09. The van der Waals surface area contributed by atoms with Crippen molar-refractivity contribution in [1.82, 2.24) is 14.7 Å². The molecule has 3 aromatic rings. The number of imidazole rings is 1. The molecule has 21 heavy (non-hydrogen) atoms. The van der Waals surface area contributed by atoms with E-state index in [2.05, 4.69) is 10.3 Å². The van der Waals surface area contributed by atoms with E-state index in [0.29, 0.717) is 17.9 Å². The molecule has 5 heteroatoms. The number of nitrogens with one attached hydrogen (secondary N) is 1. The summed E-state index contributed by atoms with van der Waals surface area (Å²) in [6.07, 6.45) is 1.92. The monoisotopic (exact) mass is 283 g/mol. The molecule has 0 spiro atoms. The average Bonchev–Trinajstić information content (AvgIpc) is 2.98. The van der Waals surface area contributed by atoms with Crippen LogP contribution in [0.3, 0.4) is 0 Å². The van der Waals surface area contributed by atoms with Gasteiger partial charge in [-0.15, -0.1) is 0 Å². The molecule has 0 radical (unpaired) electrons. The zero-order valence-corrected chi connectivity index (χ0v) is 12.3. The molecule has 0 aliphatic rings. The zero-order valence-electron chi connectivity index (χ0n) is 12.3. The maximum absolute atomic E-state index is 12.4. The summed E-state index contributed by atoms with van der Waals surface area (Å²) in [7, 11) is 0. The molecule has 0 fully saturated rings. The minimum Gasteiger partial charge on any atom is -0.465 e. The Kier molecular flexibility index (Phi) is 3.25. The Hall–Kier alpha value is -2.56. The highest BCUT2D eigenvalue weighted by atomic mass is 16.3. The third kappa shape index (κ3) is 2.54. The molecular formula is C16H17N3O2. The fraction of sp³-hybridized carbons (Fsp3) is 0.250. The largest absolute Gasteiger partial charge is 0.465 e. The summed E-state index contributed by atoms with van der Waals surface area (Å²) in [4.78, 5) is 16.8. The Morgan fingerprint density at radius 2 is 2.05 bits per heavy atom. The van der Waals surface area contributed by atoms with Gasteiger partial charge in [0.15, 0.2) is 0 Å². The Balaban J connectivity index is 1.87. The van der Waals surface area contributed by atoms with Crippen molar-refractivity contribution in [2.24, 2.45) is 0 Å². The first-order chi connectivity index (χ1) is 10.0. The first-order valence-electron chi connectivity index (χ1n) is 6.83. The minimum atomic E-state index is -0.153. The maximum atomic E-state index is 12.4. The van der Waals surface area contributed by atoms with Crippen LogP contribution in [0.25, 0.3) is 5.65 Å². The Labute approximate surface area is 122 Å². The van der Waals surface area contributed by atoms with Crippen LogP contribution in [0.2, 0.25) is 0 Å². The molecule has 0 unspecified atom stereocenters. The molecule has 0 atom stereocenters. The molecule has 5 nitrogen and oxygen atoms in total. The molecule has 1 N–H and O–H groups in total. The van der Waals surface area contributed by atoms with Gasteiger partial charge in [0, 0.05) is 6.20 Å². The number of hydrogen-bond acceptors (Lipinski definition) is 3. The maximum Gasteiger partial charge on any atom is 0.270 e. The number of hydrogen-bond donors (Lipinski definition) is 1. The number of pyridine rings is 1. The van der Waals surface area contributed by atoms with Gasteiger partial charge >= 0.3 is 0 Å². The van der Waals surface area contributed by atoms with E-state index in [-0.39, 0.29) is 5.91 Å². The summed E-state index contributed by atoms with van der Waals surface area (Å²) in [5.74, 6) is 1.42. The molecule has 108 valence electrons. The van der Waals surface area contributed by atoms with Crippen LogP contribution in [0, 0.1) is 20.8 Å². The lowest BCUT2D eigenvalue weighted by atomic mass is 10.3. The van der Waals surface area contributed by atoms with Crippen LogP contribution < -0.4 is 5.32 Å². The molecule has 3 aromatic heterocycles. The number of aromatic nitrogens is 2. The van der Waals surface area contributed by atoms with Gasteiger partial charge in [-0.05, 0) is 44.5 Å². The van der Waals surface area contributed by atoms with Gasteiger partial charge in [0.25, 0.3) is 5.91 Å². The van der Waals surface area contributed by atoms with Crippen LogP contribution in [-0.4, -0.2) is 15.3 Å².